The third-order valence-corrected chi connectivity index (χ3v) is 5.01. The summed E-state index contributed by atoms with van der Waals surface area (Å²) in [6, 6.07) is 16.9. The van der Waals surface area contributed by atoms with E-state index in [1.165, 1.54) is 28.6 Å². The highest BCUT2D eigenvalue weighted by Crippen LogP contribution is 2.35. The number of Topliss-reactive ketones (excluding diaryl/α,β-unsaturated/α-hetero) is 1. The Bertz CT molecular complexity index is 879. The summed E-state index contributed by atoms with van der Waals surface area (Å²) in [6.07, 6.45) is 3.41. The van der Waals surface area contributed by atoms with Crippen LogP contribution in [-0.2, 0) is 13.0 Å². The molecule has 3 aromatic rings. The molecule has 3 nitrogen and oxygen atoms in total. The van der Waals surface area contributed by atoms with Crippen LogP contribution >= 0.6 is 0 Å². The van der Waals surface area contributed by atoms with Gasteiger partial charge in [-0.25, -0.2) is 0 Å². The van der Waals surface area contributed by atoms with E-state index in [1.54, 1.807) is 6.92 Å². The molecule has 2 N–H and O–H groups in total. The first-order valence-corrected chi connectivity index (χ1v) is 8.65. The van der Waals surface area contributed by atoms with E-state index in [0.29, 0.717) is 6.04 Å². The summed E-state index contributed by atoms with van der Waals surface area (Å²) in [4.78, 5) is 15.3. The molecule has 0 spiro atoms. The second-order valence-corrected chi connectivity index (χ2v) is 6.65. The van der Waals surface area contributed by atoms with Crippen molar-refractivity contribution in [1.29, 1.82) is 0 Å². The van der Waals surface area contributed by atoms with E-state index >= 15 is 0 Å². The van der Waals surface area contributed by atoms with Gasteiger partial charge in [0.25, 0.3) is 0 Å². The fourth-order valence-corrected chi connectivity index (χ4v) is 3.72. The first-order chi connectivity index (χ1) is 11.7. The minimum atomic E-state index is 0.126. The number of hydrogen-bond acceptors (Lipinski definition) is 2. The van der Waals surface area contributed by atoms with Crippen molar-refractivity contribution in [2.75, 3.05) is 0 Å². The van der Waals surface area contributed by atoms with Crippen molar-refractivity contribution in [2.45, 2.75) is 38.8 Å². The number of carbonyl (C=O) groups is 1. The third-order valence-electron chi connectivity index (χ3n) is 5.01. The molecule has 0 amide bonds. The Morgan fingerprint density at radius 1 is 1.21 bits per heavy atom. The molecule has 0 fully saturated rings. The Kier molecular flexibility index (Phi) is 3.95. The topological polar surface area (TPSA) is 44.9 Å². The predicted molar refractivity (Wildman–Crippen MR) is 97.3 cm³/mol. The summed E-state index contributed by atoms with van der Waals surface area (Å²) >= 11 is 0. The van der Waals surface area contributed by atoms with Gasteiger partial charge in [-0.1, -0.05) is 30.3 Å². The first kappa shape index (κ1) is 15.2. The van der Waals surface area contributed by atoms with Gasteiger partial charge in [-0.3, -0.25) is 4.79 Å². The van der Waals surface area contributed by atoms with Gasteiger partial charge in [0.05, 0.1) is 0 Å². The Morgan fingerprint density at radius 3 is 2.83 bits per heavy atom. The number of benzene rings is 2. The maximum atomic E-state index is 11.7. The van der Waals surface area contributed by atoms with Gasteiger partial charge < -0.3 is 10.3 Å². The molecule has 4 rings (SSSR count). The van der Waals surface area contributed by atoms with E-state index in [4.69, 9.17) is 0 Å². The van der Waals surface area contributed by atoms with Crippen LogP contribution in [0, 0.1) is 0 Å². The van der Waals surface area contributed by atoms with Gasteiger partial charge in [0.1, 0.15) is 0 Å². The van der Waals surface area contributed by atoms with Crippen LogP contribution in [0.1, 0.15) is 53.0 Å². The molecule has 0 unspecified atom stereocenters. The average molecular weight is 318 g/mol. The van der Waals surface area contributed by atoms with E-state index in [1.807, 2.05) is 24.3 Å². The molecule has 0 saturated heterocycles. The van der Waals surface area contributed by atoms with Crippen molar-refractivity contribution in [2.24, 2.45) is 0 Å². The Morgan fingerprint density at radius 2 is 2.04 bits per heavy atom. The van der Waals surface area contributed by atoms with Gasteiger partial charge in [-0.05, 0) is 55.5 Å². The molecule has 0 bridgehead atoms. The molecule has 1 aliphatic rings. The van der Waals surface area contributed by atoms with E-state index < -0.39 is 0 Å². The normalized spacial score (nSPS) is 17.0. The molecule has 1 aromatic heterocycles. The summed E-state index contributed by atoms with van der Waals surface area (Å²) in [6.45, 7) is 2.50. The van der Waals surface area contributed by atoms with E-state index in [9.17, 15) is 4.79 Å². The first-order valence-electron chi connectivity index (χ1n) is 8.65. The van der Waals surface area contributed by atoms with Crippen molar-refractivity contribution in [1.82, 2.24) is 10.3 Å². The Labute approximate surface area is 142 Å². The van der Waals surface area contributed by atoms with Crippen molar-refractivity contribution in [3.63, 3.8) is 0 Å². The number of nitrogens with one attached hydrogen (secondary N) is 2. The van der Waals surface area contributed by atoms with Crippen LogP contribution in [0.2, 0.25) is 0 Å². The summed E-state index contributed by atoms with van der Waals surface area (Å²) in [7, 11) is 0. The zero-order chi connectivity index (χ0) is 16.5. The molecule has 0 saturated carbocycles. The van der Waals surface area contributed by atoms with Crippen LogP contribution in [-0.4, -0.2) is 10.8 Å². The van der Waals surface area contributed by atoms with E-state index in [0.717, 1.165) is 30.5 Å². The van der Waals surface area contributed by atoms with Crippen LogP contribution in [0.4, 0.5) is 0 Å². The number of hydrogen-bond donors (Lipinski definition) is 2. The van der Waals surface area contributed by atoms with Crippen LogP contribution in [0.5, 0.6) is 0 Å². The molecule has 1 aliphatic carbocycles. The summed E-state index contributed by atoms with van der Waals surface area (Å²) in [5.74, 6) is 0.126. The highest BCUT2D eigenvalue weighted by molar-refractivity contribution is 5.99. The second-order valence-electron chi connectivity index (χ2n) is 6.65. The molecular formula is C21H22N2O. The van der Waals surface area contributed by atoms with Crippen LogP contribution in [0.15, 0.2) is 48.5 Å². The standard InChI is InChI=1S/C21H22N2O/c1-14(24)16-10-11-19-18(12-16)17-8-5-9-20(21(17)23-19)22-13-15-6-3-2-4-7-15/h2-4,6-7,10-12,20,22-23H,5,8-9,13H2,1H3/t20-/m1/s1. The summed E-state index contributed by atoms with van der Waals surface area (Å²) in [5, 5.41) is 4.91. The fraction of sp³-hybridized carbons (Fsp3) is 0.286. The SMILES string of the molecule is CC(=O)c1ccc2[nH]c3c(c2c1)CCC[C@H]3NCc1ccccc1. The number of fused-ring (bicyclic) bond motifs is 3. The van der Waals surface area contributed by atoms with Crippen molar-refractivity contribution in [3.8, 4) is 0 Å². The Hall–Kier alpha value is -2.39. The number of aromatic amines is 1. The molecule has 1 atom stereocenters. The van der Waals surface area contributed by atoms with Gasteiger partial charge in [-0.2, -0.15) is 0 Å². The van der Waals surface area contributed by atoms with E-state index in [-0.39, 0.29) is 5.78 Å². The minimum Gasteiger partial charge on any atom is -0.357 e. The maximum Gasteiger partial charge on any atom is 0.159 e. The van der Waals surface area contributed by atoms with Crippen LogP contribution in [0.25, 0.3) is 10.9 Å². The van der Waals surface area contributed by atoms with Gasteiger partial charge in [0.15, 0.2) is 5.78 Å². The van der Waals surface area contributed by atoms with Gasteiger partial charge >= 0.3 is 0 Å². The molecule has 0 aliphatic heterocycles. The quantitative estimate of drug-likeness (QED) is 0.694. The summed E-state index contributed by atoms with van der Waals surface area (Å²) in [5.41, 5.74) is 5.92. The van der Waals surface area contributed by atoms with Crippen molar-refractivity contribution in [3.05, 3.63) is 70.9 Å². The lowest BCUT2D eigenvalue weighted by molar-refractivity contribution is 0.101. The van der Waals surface area contributed by atoms with Crippen LogP contribution in [0.3, 0.4) is 0 Å². The predicted octanol–water partition coefficient (Wildman–Crippen LogP) is 4.54. The molecule has 1 heterocycles. The lowest BCUT2D eigenvalue weighted by atomic mass is 9.91. The van der Waals surface area contributed by atoms with Crippen LogP contribution < -0.4 is 5.32 Å². The number of aryl methyl sites for hydroxylation is 1. The molecule has 0 radical (unpaired) electrons. The van der Waals surface area contributed by atoms with Gasteiger partial charge in [0.2, 0.25) is 0 Å². The zero-order valence-corrected chi connectivity index (χ0v) is 13.9. The lowest BCUT2D eigenvalue weighted by Crippen LogP contribution is -2.24. The van der Waals surface area contributed by atoms with Crippen molar-refractivity contribution < 1.29 is 4.79 Å². The lowest BCUT2D eigenvalue weighted by Gasteiger charge is -2.24. The third kappa shape index (κ3) is 2.76. The minimum absolute atomic E-state index is 0.126. The molecular weight excluding hydrogens is 296 g/mol. The molecule has 122 valence electrons. The van der Waals surface area contributed by atoms with E-state index in [2.05, 4.69) is 34.6 Å². The van der Waals surface area contributed by atoms with Gasteiger partial charge in [-0.15, -0.1) is 0 Å². The monoisotopic (exact) mass is 318 g/mol. The molecule has 24 heavy (non-hydrogen) atoms. The zero-order valence-electron chi connectivity index (χ0n) is 13.9. The number of H-pyrrole nitrogens is 1. The number of aromatic nitrogens is 1. The number of rotatable bonds is 4. The largest absolute Gasteiger partial charge is 0.357 e. The number of ketones is 1. The van der Waals surface area contributed by atoms with Gasteiger partial charge in [0, 0.05) is 34.7 Å². The average Bonchev–Trinajstić information content (AvgIpc) is 2.99. The highest BCUT2D eigenvalue weighted by Gasteiger charge is 2.24. The molecule has 3 heteroatoms. The van der Waals surface area contributed by atoms with Crippen molar-refractivity contribution >= 4 is 16.7 Å². The summed E-state index contributed by atoms with van der Waals surface area (Å²) < 4.78 is 0. The number of carbonyl (C=O) groups excluding carboxylic acids is 1. The fourth-order valence-electron chi connectivity index (χ4n) is 3.72. The smallest absolute Gasteiger partial charge is 0.159 e. The second kappa shape index (κ2) is 6.25. The molecule has 2 aromatic carbocycles. The highest BCUT2D eigenvalue weighted by atomic mass is 16.1. The Balaban J connectivity index is 1.64. The maximum absolute atomic E-state index is 11.7.